The summed E-state index contributed by atoms with van der Waals surface area (Å²) < 4.78 is 0. The lowest BCUT2D eigenvalue weighted by Gasteiger charge is -2.14. The predicted octanol–water partition coefficient (Wildman–Crippen LogP) is -0.438. The van der Waals surface area contributed by atoms with Crippen LogP contribution >= 0.6 is 0 Å². The first kappa shape index (κ1) is 5.03. The van der Waals surface area contributed by atoms with Crippen molar-refractivity contribution in [2.45, 2.75) is 18.9 Å². The fourth-order valence-corrected chi connectivity index (χ4v) is 0.512. The zero-order chi connectivity index (χ0) is 5.28. The SMILES string of the molecule is CO[NH+]([NH-])C1CC1. The summed E-state index contributed by atoms with van der Waals surface area (Å²) in [7, 11) is 1.56. The van der Waals surface area contributed by atoms with E-state index in [-0.39, 0.29) is 0 Å². The zero-order valence-electron chi connectivity index (χ0n) is 4.40. The van der Waals surface area contributed by atoms with Gasteiger partial charge >= 0.3 is 0 Å². The van der Waals surface area contributed by atoms with E-state index in [1.807, 2.05) is 0 Å². The van der Waals surface area contributed by atoms with Crippen LogP contribution < -0.4 is 5.17 Å². The van der Waals surface area contributed by atoms with Crippen LogP contribution in [0.3, 0.4) is 0 Å². The van der Waals surface area contributed by atoms with E-state index in [2.05, 4.69) is 4.84 Å². The standard InChI is InChI=1S/C4H10N2O/c1-7-6(5)4-2-3-4/h4-6H,2-3H2,1H3. The fraction of sp³-hybridized carbons (Fsp3) is 1.00. The second kappa shape index (κ2) is 1.78. The van der Waals surface area contributed by atoms with Gasteiger partial charge in [0.05, 0.1) is 7.11 Å². The third-order valence-corrected chi connectivity index (χ3v) is 1.17. The fourth-order valence-electron chi connectivity index (χ4n) is 0.512. The largest absolute Gasteiger partial charge is 0.434 e. The van der Waals surface area contributed by atoms with Gasteiger partial charge in [-0.05, 0) is 0 Å². The van der Waals surface area contributed by atoms with E-state index in [9.17, 15) is 0 Å². The van der Waals surface area contributed by atoms with Crippen molar-refractivity contribution in [2.24, 2.45) is 0 Å². The summed E-state index contributed by atoms with van der Waals surface area (Å²) in [6, 6.07) is 0.477. The molecule has 1 saturated carbocycles. The number of quaternary nitrogens is 1. The van der Waals surface area contributed by atoms with Crippen molar-refractivity contribution in [1.82, 2.24) is 0 Å². The molecular formula is C4H10N2O. The van der Waals surface area contributed by atoms with Gasteiger partial charge in [-0.2, -0.15) is 0 Å². The Bertz CT molecular complexity index is 62.7. The van der Waals surface area contributed by atoms with Crippen LogP contribution in [0.4, 0.5) is 0 Å². The van der Waals surface area contributed by atoms with Crippen molar-refractivity contribution >= 4 is 0 Å². The molecule has 0 aliphatic heterocycles. The van der Waals surface area contributed by atoms with Crippen LogP contribution in [0.25, 0.3) is 5.84 Å². The van der Waals surface area contributed by atoms with Gasteiger partial charge < -0.3 is 5.84 Å². The molecule has 0 aromatic heterocycles. The van der Waals surface area contributed by atoms with Gasteiger partial charge in [0.1, 0.15) is 6.04 Å². The molecule has 0 radical (unpaired) electrons. The average molecular weight is 102 g/mol. The van der Waals surface area contributed by atoms with E-state index in [0.717, 1.165) is 12.8 Å². The third-order valence-electron chi connectivity index (χ3n) is 1.17. The van der Waals surface area contributed by atoms with Gasteiger partial charge in [-0.3, -0.25) is 5.17 Å². The number of hydrogen-bond acceptors (Lipinski definition) is 1. The first-order valence-corrected chi connectivity index (χ1v) is 2.47. The van der Waals surface area contributed by atoms with E-state index in [4.69, 9.17) is 5.84 Å². The van der Waals surface area contributed by atoms with Crippen LogP contribution in [-0.4, -0.2) is 13.2 Å². The molecule has 42 valence electrons. The molecule has 1 fully saturated rings. The smallest absolute Gasteiger partial charge is 0.108 e. The molecule has 0 aromatic carbocycles. The number of hydrogen-bond donors (Lipinski definition) is 1. The second-order valence-corrected chi connectivity index (χ2v) is 1.84. The Morgan fingerprint density at radius 2 is 2.29 bits per heavy atom. The lowest BCUT2D eigenvalue weighted by Crippen LogP contribution is -3.05. The molecule has 2 N–H and O–H groups in total. The third kappa shape index (κ3) is 1.12. The molecule has 0 aromatic rings. The van der Waals surface area contributed by atoms with Crippen molar-refractivity contribution in [3.63, 3.8) is 0 Å². The van der Waals surface area contributed by atoms with Crippen LogP contribution in [0, 0.1) is 0 Å². The molecule has 1 atom stereocenters. The minimum absolute atomic E-state index is 0.458. The highest BCUT2D eigenvalue weighted by atomic mass is 16.7. The Morgan fingerprint density at radius 1 is 1.71 bits per heavy atom. The molecule has 0 bridgehead atoms. The first-order chi connectivity index (χ1) is 3.34. The molecule has 1 aliphatic rings. The Kier molecular flexibility index (Phi) is 1.27. The van der Waals surface area contributed by atoms with Crippen LogP contribution in [0.15, 0.2) is 0 Å². The summed E-state index contributed by atoms with van der Waals surface area (Å²) >= 11 is 0. The summed E-state index contributed by atoms with van der Waals surface area (Å²) in [5.74, 6) is 7.03. The average Bonchev–Trinajstić information content (AvgIpc) is 2.44. The van der Waals surface area contributed by atoms with E-state index in [1.54, 1.807) is 7.11 Å². The first-order valence-electron chi connectivity index (χ1n) is 2.47. The predicted molar refractivity (Wildman–Crippen MR) is 25.3 cm³/mol. The molecular weight excluding hydrogens is 92.1 g/mol. The van der Waals surface area contributed by atoms with Gasteiger partial charge in [-0.25, -0.2) is 4.84 Å². The maximum Gasteiger partial charge on any atom is 0.108 e. The van der Waals surface area contributed by atoms with Crippen LogP contribution in [0.1, 0.15) is 12.8 Å². The molecule has 0 heterocycles. The van der Waals surface area contributed by atoms with Gasteiger partial charge in [0, 0.05) is 12.8 Å². The lowest BCUT2D eigenvalue weighted by molar-refractivity contribution is -1.06. The van der Waals surface area contributed by atoms with Crippen LogP contribution in [-0.2, 0) is 4.84 Å². The number of nitrogens with one attached hydrogen (secondary N) is 2. The summed E-state index contributed by atoms with van der Waals surface area (Å²) in [5.41, 5.74) is 0. The highest BCUT2D eigenvalue weighted by molar-refractivity contribution is 4.69. The van der Waals surface area contributed by atoms with E-state index < -0.39 is 0 Å². The lowest BCUT2D eigenvalue weighted by atomic mass is 10.8. The number of rotatable bonds is 2. The van der Waals surface area contributed by atoms with Crippen LogP contribution in [0.2, 0.25) is 0 Å². The highest BCUT2D eigenvalue weighted by Gasteiger charge is 2.28. The molecule has 3 nitrogen and oxygen atoms in total. The van der Waals surface area contributed by atoms with Crippen molar-refractivity contribution in [1.29, 1.82) is 0 Å². The van der Waals surface area contributed by atoms with Gasteiger partial charge in [0.25, 0.3) is 0 Å². The van der Waals surface area contributed by atoms with Crippen molar-refractivity contribution in [3.05, 3.63) is 5.84 Å². The maximum atomic E-state index is 7.03. The summed E-state index contributed by atoms with van der Waals surface area (Å²) in [6.07, 6.45) is 2.32. The molecule has 1 aliphatic carbocycles. The molecule has 1 unspecified atom stereocenters. The van der Waals surface area contributed by atoms with Gasteiger partial charge in [0.15, 0.2) is 0 Å². The summed E-state index contributed by atoms with van der Waals surface area (Å²) in [6.45, 7) is 0. The second-order valence-electron chi connectivity index (χ2n) is 1.84. The summed E-state index contributed by atoms with van der Waals surface area (Å²) in [4.78, 5) is 4.66. The summed E-state index contributed by atoms with van der Waals surface area (Å²) in [5, 5.41) is 0.458. The highest BCUT2D eigenvalue weighted by Crippen LogP contribution is 2.14. The van der Waals surface area contributed by atoms with Gasteiger partial charge in [-0.15, -0.1) is 0 Å². The van der Waals surface area contributed by atoms with Crippen molar-refractivity contribution < 1.29 is 10.0 Å². The van der Waals surface area contributed by atoms with E-state index >= 15 is 0 Å². The molecule has 0 spiro atoms. The molecule has 1 rings (SSSR count). The van der Waals surface area contributed by atoms with Crippen molar-refractivity contribution in [2.75, 3.05) is 7.11 Å². The Morgan fingerprint density at radius 3 is 2.43 bits per heavy atom. The minimum Gasteiger partial charge on any atom is -0.434 e. The number of hydroxylamine groups is 1. The van der Waals surface area contributed by atoms with Gasteiger partial charge in [0.2, 0.25) is 0 Å². The van der Waals surface area contributed by atoms with E-state index in [0.29, 0.717) is 11.2 Å². The molecule has 0 amide bonds. The minimum atomic E-state index is 0.458. The van der Waals surface area contributed by atoms with Crippen LogP contribution in [0.5, 0.6) is 0 Å². The Hall–Kier alpha value is -0.120. The molecule has 0 saturated heterocycles. The normalized spacial score (nSPS) is 24.9. The Labute approximate surface area is 43.0 Å². The molecule has 3 heteroatoms. The quantitative estimate of drug-likeness (QED) is 0.472. The topological polar surface area (TPSA) is 37.5 Å². The zero-order valence-corrected chi connectivity index (χ0v) is 4.40. The molecule has 7 heavy (non-hydrogen) atoms. The maximum absolute atomic E-state index is 7.03. The van der Waals surface area contributed by atoms with Crippen molar-refractivity contribution in [3.8, 4) is 0 Å². The monoisotopic (exact) mass is 102 g/mol. The van der Waals surface area contributed by atoms with E-state index in [1.165, 1.54) is 0 Å². The Balaban J connectivity index is 2.10. The van der Waals surface area contributed by atoms with Gasteiger partial charge in [-0.1, -0.05) is 0 Å².